The lowest BCUT2D eigenvalue weighted by molar-refractivity contribution is 0.0871. The van der Waals surface area contributed by atoms with E-state index >= 15 is 0 Å². The summed E-state index contributed by atoms with van der Waals surface area (Å²) in [7, 11) is 0. The number of amides is 1. The van der Waals surface area contributed by atoms with E-state index in [4.69, 9.17) is 4.74 Å². The van der Waals surface area contributed by atoms with Crippen LogP contribution >= 0.6 is 0 Å². The van der Waals surface area contributed by atoms with Crippen molar-refractivity contribution in [3.8, 4) is 11.6 Å². The molecule has 0 saturated carbocycles. The zero-order valence-electron chi connectivity index (χ0n) is 21.7. The van der Waals surface area contributed by atoms with Gasteiger partial charge < -0.3 is 20.5 Å². The van der Waals surface area contributed by atoms with Gasteiger partial charge in [0.2, 0.25) is 5.88 Å². The predicted octanol–water partition coefficient (Wildman–Crippen LogP) is 4.47. The van der Waals surface area contributed by atoms with Crippen molar-refractivity contribution in [3.05, 3.63) is 95.7 Å². The molecule has 2 aromatic heterocycles. The Hall–Kier alpha value is -4.54. The minimum Gasteiger partial charge on any atom is -0.436 e. The number of para-hydroxylation sites is 1. The van der Waals surface area contributed by atoms with E-state index in [1.54, 1.807) is 24.3 Å². The largest absolute Gasteiger partial charge is 0.436 e. The Morgan fingerprint density at radius 2 is 2.00 bits per heavy atom. The third-order valence-corrected chi connectivity index (χ3v) is 7.10. The summed E-state index contributed by atoms with van der Waals surface area (Å²) in [6.45, 7) is 3.28. The number of dihydropyridines is 1. The van der Waals surface area contributed by atoms with Crippen molar-refractivity contribution < 1.29 is 19.0 Å². The molecule has 2 aliphatic rings. The normalized spacial score (nSPS) is 16.2. The molecule has 0 radical (unpaired) electrons. The molecule has 10 heteroatoms. The number of hydrogen-bond acceptors (Lipinski definition) is 7. The maximum atomic E-state index is 13.8. The van der Waals surface area contributed by atoms with Crippen molar-refractivity contribution in [1.29, 1.82) is 0 Å². The minimum atomic E-state index is -0.485. The van der Waals surface area contributed by atoms with Crippen LogP contribution in [0.3, 0.4) is 0 Å². The van der Waals surface area contributed by atoms with Crippen LogP contribution in [-0.2, 0) is 0 Å². The lowest BCUT2D eigenvalue weighted by atomic mass is 9.98. The van der Waals surface area contributed by atoms with Gasteiger partial charge in [0.25, 0.3) is 5.91 Å². The predicted molar refractivity (Wildman–Crippen MR) is 151 cm³/mol. The summed E-state index contributed by atoms with van der Waals surface area (Å²) >= 11 is 0. The molecule has 0 atom stereocenters. The Kier molecular flexibility index (Phi) is 7.26. The highest BCUT2D eigenvalue weighted by atomic mass is 19.1. The topological polar surface area (TPSA) is 115 Å². The van der Waals surface area contributed by atoms with Crippen molar-refractivity contribution in [2.75, 3.05) is 31.5 Å². The van der Waals surface area contributed by atoms with E-state index in [0.717, 1.165) is 49.1 Å². The highest BCUT2D eigenvalue weighted by molar-refractivity contribution is 6.11. The molecule has 4 N–H and O–H groups in total. The molecule has 1 saturated heterocycles. The summed E-state index contributed by atoms with van der Waals surface area (Å²) in [5, 5.41) is 23.9. The van der Waals surface area contributed by atoms with E-state index < -0.39 is 5.82 Å². The number of carbonyl (C=O) groups is 1. The fourth-order valence-corrected chi connectivity index (χ4v) is 4.95. The van der Waals surface area contributed by atoms with Crippen LogP contribution in [0.1, 0.15) is 28.9 Å². The van der Waals surface area contributed by atoms with E-state index in [1.165, 1.54) is 23.9 Å². The first-order valence-electron chi connectivity index (χ1n) is 13.2. The number of piperidine rings is 1. The minimum absolute atomic E-state index is 0.0720. The smallest absolute Gasteiger partial charge is 0.276 e. The molecular weight excluding hydrogens is 511 g/mol. The molecule has 2 aromatic carbocycles. The molecule has 6 rings (SSSR count). The van der Waals surface area contributed by atoms with Gasteiger partial charge in [-0.15, -0.1) is 0 Å². The number of halogens is 1. The fourth-order valence-electron chi connectivity index (χ4n) is 4.95. The summed E-state index contributed by atoms with van der Waals surface area (Å²) in [5.74, 6) is -0.584. The van der Waals surface area contributed by atoms with Gasteiger partial charge in [-0.1, -0.05) is 24.3 Å². The zero-order chi connectivity index (χ0) is 27.5. The number of hydrogen-bond donors (Lipinski definition) is 4. The van der Waals surface area contributed by atoms with Gasteiger partial charge in [0, 0.05) is 43.8 Å². The Bertz CT molecular complexity index is 1590. The van der Waals surface area contributed by atoms with Crippen molar-refractivity contribution in [1.82, 2.24) is 25.4 Å². The van der Waals surface area contributed by atoms with Gasteiger partial charge in [-0.3, -0.25) is 14.8 Å². The SMILES string of the molecule is O=C(Nc1ccc(Oc2ccccc2F)nc1)c1n[nH]c2ccc(C3=CC(CN4CCC(O)CC4)=CNC3)cc12. The number of pyridine rings is 1. The van der Waals surface area contributed by atoms with E-state index in [-0.39, 0.29) is 29.3 Å². The van der Waals surface area contributed by atoms with Gasteiger partial charge in [0.1, 0.15) is 0 Å². The molecule has 4 aromatic rings. The number of nitrogens with zero attached hydrogens (tertiary/aromatic N) is 3. The Morgan fingerprint density at radius 1 is 1.15 bits per heavy atom. The van der Waals surface area contributed by atoms with Crippen LogP contribution in [-0.4, -0.2) is 63.4 Å². The molecule has 2 aliphatic heterocycles. The summed E-state index contributed by atoms with van der Waals surface area (Å²) in [6, 6.07) is 15.2. The fraction of sp³-hybridized carbons (Fsp3) is 0.233. The number of aliphatic hydroxyl groups is 1. The second-order valence-corrected chi connectivity index (χ2v) is 9.98. The van der Waals surface area contributed by atoms with Crippen LogP contribution in [0.25, 0.3) is 16.5 Å². The van der Waals surface area contributed by atoms with E-state index in [9.17, 15) is 14.3 Å². The lowest BCUT2D eigenvalue weighted by Crippen LogP contribution is -2.37. The lowest BCUT2D eigenvalue weighted by Gasteiger charge is -2.30. The number of likely N-dealkylation sites (tertiary alicyclic amines) is 1. The standard InChI is InChI=1S/C30H29FN6O3/c31-25-3-1-2-4-27(25)40-28-8-6-22(17-33-28)34-30(39)29-24-14-20(5-7-26(24)35-36-29)21-13-19(15-32-16-21)18-37-11-9-23(38)10-12-37/h1-8,13-15,17,23,32,38H,9-12,16,18H2,(H,34,39)(H,35,36). The highest BCUT2D eigenvalue weighted by Gasteiger charge is 2.20. The zero-order valence-corrected chi connectivity index (χ0v) is 21.7. The number of carbonyl (C=O) groups excluding carboxylic acids is 1. The molecule has 204 valence electrons. The molecule has 0 aliphatic carbocycles. The monoisotopic (exact) mass is 540 g/mol. The average molecular weight is 541 g/mol. The van der Waals surface area contributed by atoms with Crippen molar-refractivity contribution >= 4 is 28.1 Å². The first kappa shape index (κ1) is 25.7. The average Bonchev–Trinajstić information content (AvgIpc) is 3.40. The van der Waals surface area contributed by atoms with Crippen LogP contribution in [0.15, 0.2) is 78.6 Å². The number of aliphatic hydroxyl groups excluding tert-OH is 1. The van der Waals surface area contributed by atoms with Crippen LogP contribution < -0.4 is 15.4 Å². The van der Waals surface area contributed by atoms with Gasteiger partial charge in [0.15, 0.2) is 17.3 Å². The molecular formula is C30H29FN6O3. The Balaban J connectivity index is 1.15. The number of rotatable bonds is 7. The van der Waals surface area contributed by atoms with Crippen molar-refractivity contribution in [2.24, 2.45) is 0 Å². The van der Waals surface area contributed by atoms with Gasteiger partial charge in [-0.2, -0.15) is 5.10 Å². The Morgan fingerprint density at radius 3 is 2.80 bits per heavy atom. The quantitative estimate of drug-likeness (QED) is 0.273. The number of fused-ring (bicyclic) bond motifs is 1. The van der Waals surface area contributed by atoms with E-state index in [1.807, 2.05) is 24.4 Å². The number of benzene rings is 2. The van der Waals surface area contributed by atoms with Gasteiger partial charge in [-0.05, 0) is 59.9 Å². The molecule has 4 heterocycles. The van der Waals surface area contributed by atoms with Crippen LogP contribution in [0.5, 0.6) is 11.6 Å². The molecule has 0 spiro atoms. The molecule has 40 heavy (non-hydrogen) atoms. The van der Waals surface area contributed by atoms with Crippen LogP contribution in [0, 0.1) is 5.82 Å². The van der Waals surface area contributed by atoms with Crippen LogP contribution in [0.2, 0.25) is 0 Å². The number of aromatic amines is 1. The Labute approximate surface area is 230 Å². The number of anilines is 1. The van der Waals surface area contributed by atoms with Crippen molar-refractivity contribution in [2.45, 2.75) is 18.9 Å². The van der Waals surface area contributed by atoms with Crippen LogP contribution in [0.4, 0.5) is 10.1 Å². The van der Waals surface area contributed by atoms with E-state index in [0.29, 0.717) is 17.6 Å². The van der Waals surface area contributed by atoms with Crippen molar-refractivity contribution in [3.63, 3.8) is 0 Å². The molecule has 0 bridgehead atoms. The number of H-pyrrole nitrogens is 1. The first-order chi connectivity index (χ1) is 19.5. The molecule has 1 fully saturated rings. The van der Waals surface area contributed by atoms with Gasteiger partial charge in [-0.25, -0.2) is 9.37 Å². The summed E-state index contributed by atoms with van der Waals surface area (Å²) in [6.07, 6.45) is 7.11. The summed E-state index contributed by atoms with van der Waals surface area (Å²) in [5.41, 5.74) is 4.79. The second-order valence-electron chi connectivity index (χ2n) is 9.98. The number of nitrogens with one attached hydrogen (secondary N) is 3. The maximum absolute atomic E-state index is 13.8. The maximum Gasteiger partial charge on any atom is 0.276 e. The van der Waals surface area contributed by atoms with Gasteiger partial charge >= 0.3 is 0 Å². The third-order valence-electron chi connectivity index (χ3n) is 7.10. The summed E-state index contributed by atoms with van der Waals surface area (Å²) in [4.78, 5) is 19.7. The van der Waals surface area contributed by atoms with Gasteiger partial charge in [0.05, 0.1) is 23.5 Å². The molecule has 0 unspecified atom stereocenters. The number of ether oxygens (including phenoxy) is 1. The van der Waals surface area contributed by atoms with E-state index in [2.05, 4.69) is 36.8 Å². The molecule has 1 amide bonds. The highest BCUT2D eigenvalue weighted by Crippen LogP contribution is 2.27. The molecule has 9 nitrogen and oxygen atoms in total. The summed E-state index contributed by atoms with van der Waals surface area (Å²) < 4.78 is 19.3. The first-order valence-corrected chi connectivity index (χ1v) is 13.2. The third kappa shape index (κ3) is 5.73. The number of aromatic nitrogens is 3. The second kappa shape index (κ2) is 11.3.